The Balaban J connectivity index is 1.33. The van der Waals surface area contributed by atoms with Gasteiger partial charge in [0.2, 0.25) is 5.91 Å². The van der Waals surface area contributed by atoms with Gasteiger partial charge in [-0.2, -0.15) is 13.9 Å². The number of pyridine rings is 1. The second-order valence-corrected chi connectivity index (χ2v) is 12.5. The molecule has 2 aromatic carbocycles. The topological polar surface area (TPSA) is 94.7 Å². The van der Waals surface area contributed by atoms with E-state index < -0.39 is 71.3 Å². The predicted octanol–water partition coefficient (Wildman–Crippen LogP) is 6.63. The van der Waals surface area contributed by atoms with Crippen LogP contribution in [0.15, 0.2) is 65.6 Å². The summed E-state index contributed by atoms with van der Waals surface area (Å²) in [5.41, 5.74) is -0.861. The first-order valence-electron chi connectivity index (χ1n) is 15.3. The molecule has 48 heavy (non-hydrogen) atoms. The summed E-state index contributed by atoms with van der Waals surface area (Å²) in [6.07, 6.45) is -1.89. The number of nitrogens with one attached hydrogen (secondary N) is 1. The highest BCUT2D eigenvalue weighted by Gasteiger charge is 2.67. The summed E-state index contributed by atoms with van der Waals surface area (Å²) in [4.78, 5) is 36.8. The van der Waals surface area contributed by atoms with Crippen molar-refractivity contribution in [3.05, 3.63) is 117 Å². The predicted molar refractivity (Wildman–Crippen MR) is 162 cm³/mol. The maximum Gasteiger partial charge on any atom is 0.293 e. The highest BCUT2D eigenvalue weighted by atomic mass is 19.3. The minimum absolute atomic E-state index is 0.0404. The minimum Gasteiger partial charge on any atom is -0.344 e. The number of alkyl halides is 4. The van der Waals surface area contributed by atoms with Gasteiger partial charge in [0.15, 0.2) is 0 Å². The van der Waals surface area contributed by atoms with Crippen molar-refractivity contribution in [2.75, 3.05) is 0 Å². The first kappa shape index (κ1) is 31.6. The number of para-hydroxylation sites is 1. The number of halogens is 6. The normalized spacial score (nSPS) is 18.3. The molecule has 2 aliphatic carbocycles. The molecule has 3 heterocycles. The highest BCUT2D eigenvalue weighted by Crippen LogP contribution is 2.68. The maximum absolute atomic E-state index is 15.2. The van der Waals surface area contributed by atoms with E-state index in [1.54, 1.807) is 36.4 Å². The van der Waals surface area contributed by atoms with Crippen molar-refractivity contribution in [2.45, 2.75) is 63.5 Å². The van der Waals surface area contributed by atoms with Gasteiger partial charge in [0.05, 0.1) is 28.8 Å². The fourth-order valence-corrected chi connectivity index (χ4v) is 6.63. The van der Waals surface area contributed by atoms with E-state index in [4.69, 9.17) is 0 Å². The minimum atomic E-state index is -3.45. The van der Waals surface area contributed by atoms with Crippen LogP contribution >= 0.6 is 0 Å². The van der Waals surface area contributed by atoms with Crippen LogP contribution in [0.4, 0.5) is 26.3 Å². The summed E-state index contributed by atoms with van der Waals surface area (Å²) in [7, 11) is 0. The van der Waals surface area contributed by atoms with Crippen LogP contribution in [-0.4, -0.2) is 30.2 Å². The average molecular weight is 667 g/mol. The summed E-state index contributed by atoms with van der Waals surface area (Å²) in [6.45, 7) is 3.03. The van der Waals surface area contributed by atoms with E-state index in [0.29, 0.717) is 10.7 Å². The first-order valence-corrected chi connectivity index (χ1v) is 15.3. The molecule has 0 radical (unpaired) electrons. The second kappa shape index (κ2) is 11.6. The first-order chi connectivity index (χ1) is 22.8. The number of hydrogen-bond donors (Lipinski definition) is 1. The molecule has 8 nitrogen and oxygen atoms in total. The summed E-state index contributed by atoms with van der Waals surface area (Å²) in [5, 5.41) is 6.62. The average Bonchev–Trinajstić information content (AvgIpc) is 3.69. The Morgan fingerprint density at radius 3 is 2.46 bits per heavy atom. The van der Waals surface area contributed by atoms with E-state index in [-0.39, 0.29) is 52.3 Å². The molecule has 0 spiro atoms. The van der Waals surface area contributed by atoms with Crippen LogP contribution in [0.2, 0.25) is 0 Å². The Morgan fingerprint density at radius 1 is 1.06 bits per heavy atom. The fourth-order valence-electron chi connectivity index (χ4n) is 6.63. The Kier molecular flexibility index (Phi) is 7.63. The Hall–Kier alpha value is -5.01. The van der Waals surface area contributed by atoms with E-state index in [1.807, 2.05) is 13.8 Å². The zero-order chi connectivity index (χ0) is 34.1. The van der Waals surface area contributed by atoms with Crippen LogP contribution in [0.3, 0.4) is 0 Å². The van der Waals surface area contributed by atoms with Gasteiger partial charge in [0.25, 0.3) is 17.9 Å². The molecule has 5 aromatic rings. The van der Waals surface area contributed by atoms with Crippen LogP contribution in [0.25, 0.3) is 16.6 Å². The van der Waals surface area contributed by atoms with Crippen molar-refractivity contribution in [3.8, 4) is 5.69 Å². The summed E-state index contributed by atoms with van der Waals surface area (Å²) in [6, 6.07) is 11.3. The van der Waals surface area contributed by atoms with Crippen molar-refractivity contribution < 1.29 is 31.1 Å². The monoisotopic (exact) mass is 666 g/mol. The summed E-state index contributed by atoms with van der Waals surface area (Å²) in [5.74, 6) is -8.00. The standard InChI is InChI=1S/C34H28F6N6O2/c1-16(2)24-8-7-20(14-41-24)46-32(43-25-6-4-3-5-21(25)33(46)48)26(11-17-9-18(35)12-19(36)10-17)42-27(47)15-45-30-28(29(44-45)31(37)38)22-13-23(22)34(30,39)40/h3-10,12,14,16,22-23,26,31H,11,13,15H2,1-2H3,(H,42,47)/t22-,23+,26?/m0/s1. The number of fused-ring (bicyclic) bond motifs is 4. The second-order valence-electron chi connectivity index (χ2n) is 12.5. The number of rotatable bonds is 9. The van der Waals surface area contributed by atoms with Crippen LogP contribution in [-0.2, 0) is 23.7 Å². The molecule has 7 rings (SSSR count). The molecule has 3 aromatic heterocycles. The fraction of sp³-hybridized carbons (Fsp3) is 0.324. The van der Waals surface area contributed by atoms with E-state index in [9.17, 15) is 27.2 Å². The van der Waals surface area contributed by atoms with Gasteiger partial charge >= 0.3 is 0 Å². The largest absolute Gasteiger partial charge is 0.344 e. The zero-order valence-electron chi connectivity index (χ0n) is 25.6. The molecule has 1 unspecified atom stereocenters. The van der Waals surface area contributed by atoms with Crippen LogP contribution < -0.4 is 10.9 Å². The lowest BCUT2D eigenvalue weighted by molar-refractivity contribution is -0.123. The number of carbonyl (C=O) groups excluding carboxylic acids is 1. The molecule has 1 amide bonds. The highest BCUT2D eigenvalue weighted by molar-refractivity contribution is 5.79. The number of amides is 1. The van der Waals surface area contributed by atoms with E-state index in [2.05, 4.69) is 20.4 Å². The van der Waals surface area contributed by atoms with E-state index >= 15 is 8.78 Å². The molecular formula is C34H28F6N6O2. The lowest BCUT2D eigenvalue weighted by Gasteiger charge is -2.23. The molecule has 0 aliphatic heterocycles. The third kappa shape index (κ3) is 5.42. The number of aromatic nitrogens is 5. The lowest BCUT2D eigenvalue weighted by Crippen LogP contribution is -2.38. The number of benzene rings is 2. The maximum atomic E-state index is 15.2. The van der Waals surface area contributed by atoms with Gasteiger partial charge in [0, 0.05) is 29.7 Å². The van der Waals surface area contributed by atoms with Crippen molar-refractivity contribution in [1.29, 1.82) is 0 Å². The van der Waals surface area contributed by atoms with Gasteiger partial charge in [-0.25, -0.2) is 22.5 Å². The van der Waals surface area contributed by atoms with Gasteiger partial charge in [-0.1, -0.05) is 26.0 Å². The Morgan fingerprint density at radius 2 is 1.79 bits per heavy atom. The van der Waals surface area contributed by atoms with Crippen molar-refractivity contribution >= 4 is 16.8 Å². The van der Waals surface area contributed by atoms with Gasteiger partial charge in [0.1, 0.15) is 35.4 Å². The van der Waals surface area contributed by atoms with Crippen molar-refractivity contribution in [2.24, 2.45) is 5.92 Å². The van der Waals surface area contributed by atoms with Crippen LogP contribution in [0.1, 0.15) is 78.6 Å². The molecule has 2 aliphatic rings. The molecule has 1 N–H and O–H groups in total. The number of carbonyl (C=O) groups is 1. The van der Waals surface area contributed by atoms with Crippen LogP contribution in [0.5, 0.6) is 0 Å². The molecule has 1 fully saturated rings. The summed E-state index contributed by atoms with van der Waals surface area (Å²) >= 11 is 0. The SMILES string of the molecule is CC(C)c1ccc(-n2c(C(Cc3cc(F)cc(F)c3)NC(=O)Cn3nc(C(F)F)c4c3C(F)(F)[C@@H]3C[C@H]43)nc3ccccc3c2=O)cn1. The Bertz CT molecular complexity index is 2110. The van der Waals surface area contributed by atoms with Gasteiger partial charge < -0.3 is 5.32 Å². The Labute approximate surface area is 269 Å². The van der Waals surface area contributed by atoms with Gasteiger partial charge in [-0.05, 0) is 60.2 Å². The zero-order valence-corrected chi connectivity index (χ0v) is 25.6. The number of hydrogen-bond acceptors (Lipinski definition) is 5. The van der Waals surface area contributed by atoms with E-state index in [1.165, 1.54) is 10.8 Å². The molecule has 0 saturated heterocycles. The molecule has 248 valence electrons. The van der Waals surface area contributed by atoms with Crippen LogP contribution in [0, 0.1) is 17.6 Å². The van der Waals surface area contributed by atoms with Gasteiger partial charge in [-0.15, -0.1) is 0 Å². The molecule has 3 atom stereocenters. The molecular weight excluding hydrogens is 638 g/mol. The molecule has 0 bridgehead atoms. The summed E-state index contributed by atoms with van der Waals surface area (Å²) < 4.78 is 88.6. The quantitative estimate of drug-likeness (QED) is 0.179. The van der Waals surface area contributed by atoms with Gasteiger partial charge in [-0.3, -0.25) is 23.8 Å². The number of nitrogens with zero attached hydrogens (tertiary/aromatic N) is 5. The molecule has 1 saturated carbocycles. The van der Waals surface area contributed by atoms with Crippen molar-refractivity contribution in [3.63, 3.8) is 0 Å². The van der Waals surface area contributed by atoms with Crippen molar-refractivity contribution in [1.82, 2.24) is 29.6 Å². The smallest absolute Gasteiger partial charge is 0.293 e. The molecule has 14 heteroatoms. The third-order valence-corrected chi connectivity index (χ3v) is 8.89. The van der Waals surface area contributed by atoms with E-state index in [0.717, 1.165) is 17.8 Å². The lowest BCUT2D eigenvalue weighted by atomic mass is 10.0. The third-order valence-electron chi connectivity index (χ3n) is 8.89.